The highest BCUT2D eigenvalue weighted by molar-refractivity contribution is 7.90. The molecule has 0 aliphatic heterocycles. The molecule has 0 aliphatic carbocycles. The molecule has 22 heavy (non-hydrogen) atoms. The fourth-order valence-electron chi connectivity index (χ4n) is 1.72. The first-order valence-electron chi connectivity index (χ1n) is 5.95. The van der Waals surface area contributed by atoms with Gasteiger partial charge in [0.05, 0.1) is 20.6 Å². The van der Waals surface area contributed by atoms with Crippen molar-refractivity contribution in [1.29, 1.82) is 0 Å². The van der Waals surface area contributed by atoms with E-state index in [0.717, 1.165) is 12.3 Å². The molecule has 2 aromatic carbocycles. The predicted octanol–water partition coefficient (Wildman–Crippen LogP) is 3.79. The second kappa shape index (κ2) is 6.24. The van der Waals surface area contributed by atoms with Gasteiger partial charge in [-0.05, 0) is 30.3 Å². The van der Waals surface area contributed by atoms with E-state index in [2.05, 4.69) is 5.32 Å². The second-order valence-electron chi connectivity index (χ2n) is 4.47. The predicted molar refractivity (Wildman–Crippen MR) is 83.9 cm³/mol. The van der Waals surface area contributed by atoms with Crippen molar-refractivity contribution in [2.75, 3.05) is 11.6 Å². The van der Waals surface area contributed by atoms with Crippen LogP contribution < -0.4 is 5.32 Å². The van der Waals surface area contributed by atoms with Crippen LogP contribution in [0.4, 0.5) is 10.1 Å². The first-order chi connectivity index (χ1) is 10.2. The van der Waals surface area contributed by atoms with E-state index in [4.69, 9.17) is 23.2 Å². The van der Waals surface area contributed by atoms with Gasteiger partial charge in [0.25, 0.3) is 5.91 Å². The van der Waals surface area contributed by atoms with Crippen LogP contribution in [0, 0.1) is 5.82 Å². The van der Waals surface area contributed by atoms with E-state index in [-0.39, 0.29) is 26.2 Å². The van der Waals surface area contributed by atoms with Gasteiger partial charge in [0.1, 0.15) is 0 Å². The van der Waals surface area contributed by atoms with Gasteiger partial charge in [0, 0.05) is 11.8 Å². The van der Waals surface area contributed by atoms with Gasteiger partial charge in [0.2, 0.25) is 0 Å². The third-order valence-electron chi connectivity index (χ3n) is 2.79. The Kier molecular flexibility index (Phi) is 4.75. The van der Waals surface area contributed by atoms with Crippen LogP contribution in [0.2, 0.25) is 10.0 Å². The van der Waals surface area contributed by atoms with Gasteiger partial charge in [-0.1, -0.05) is 29.3 Å². The highest BCUT2D eigenvalue weighted by atomic mass is 35.5. The highest BCUT2D eigenvalue weighted by Crippen LogP contribution is 2.25. The number of sulfone groups is 1. The smallest absolute Gasteiger partial charge is 0.255 e. The molecular formula is C14H10Cl2FNO3S. The summed E-state index contributed by atoms with van der Waals surface area (Å²) >= 11 is 11.4. The number of nitrogens with one attached hydrogen (secondary N) is 1. The molecule has 0 spiro atoms. The number of anilines is 1. The summed E-state index contributed by atoms with van der Waals surface area (Å²) in [6, 6.07) is 7.93. The lowest BCUT2D eigenvalue weighted by Crippen LogP contribution is -2.14. The molecule has 0 radical (unpaired) electrons. The Balaban J connectivity index is 2.37. The number of halogens is 3. The van der Waals surface area contributed by atoms with Gasteiger partial charge in [-0.15, -0.1) is 0 Å². The molecule has 0 saturated heterocycles. The Morgan fingerprint density at radius 3 is 2.45 bits per heavy atom. The lowest BCUT2D eigenvalue weighted by Gasteiger charge is -2.09. The van der Waals surface area contributed by atoms with Gasteiger partial charge < -0.3 is 5.32 Å². The normalized spacial score (nSPS) is 11.3. The van der Waals surface area contributed by atoms with Crippen molar-refractivity contribution in [3.8, 4) is 0 Å². The van der Waals surface area contributed by atoms with Crippen molar-refractivity contribution >= 4 is 44.6 Å². The van der Waals surface area contributed by atoms with E-state index in [1.165, 1.54) is 30.3 Å². The van der Waals surface area contributed by atoms with Crippen LogP contribution in [0.1, 0.15) is 10.4 Å². The van der Waals surface area contributed by atoms with Gasteiger partial charge in [0.15, 0.2) is 15.7 Å². The van der Waals surface area contributed by atoms with E-state index in [0.29, 0.717) is 0 Å². The van der Waals surface area contributed by atoms with Crippen LogP contribution in [-0.4, -0.2) is 20.6 Å². The molecule has 0 saturated carbocycles. The Labute approximate surface area is 136 Å². The summed E-state index contributed by atoms with van der Waals surface area (Å²) in [5.74, 6) is -1.45. The van der Waals surface area contributed by atoms with Gasteiger partial charge in [-0.3, -0.25) is 4.79 Å². The first-order valence-corrected chi connectivity index (χ1v) is 8.60. The van der Waals surface area contributed by atoms with E-state index < -0.39 is 21.6 Å². The van der Waals surface area contributed by atoms with Crippen LogP contribution in [0.3, 0.4) is 0 Å². The van der Waals surface area contributed by atoms with Crippen LogP contribution >= 0.6 is 23.2 Å². The third-order valence-corrected chi connectivity index (χ3v) is 4.66. The zero-order valence-electron chi connectivity index (χ0n) is 11.2. The zero-order chi connectivity index (χ0) is 16.5. The maximum absolute atomic E-state index is 13.7. The van der Waals surface area contributed by atoms with E-state index >= 15 is 0 Å². The minimum absolute atomic E-state index is 0.00739. The Bertz CT molecular complexity index is 853. The summed E-state index contributed by atoms with van der Waals surface area (Å²) in [6.07, 6.45) is 0.979. The quantitative estimate of drug-likeness (QED) is 0.904. The maximum Gasteiger partial charge on any atom is 0.255 e. The average Bonchev–Trinajstić information content (AvgIpc) is 2.43. The lowest BCUT2D eigenvalue weighted by molar-refractivity contribution is 0.102. The van der Waals surface area contributed by atoms with Crippen molar-refractivity contribution in [2.24, 2.45) is 0 Å². The molecule has 0 fully saturated rings. The maximum atomic E-state index is 13.7. The second-order valence-corrected chi connectivity index (χ2v) is 7.27. The molecular weight excluding hydrogens is 352 g/mol. The summed E-state index contributed by atoms with van der Waals surface area (Å²) < 4.78 is 36.9. The monoisotopic (exact) mass is 361 g/mol. The van der Waals surface area contributed by atoms with E-state index in [9.17, 15) is 17.6 Å². The third kappa shape index (κ3) is 3.58. The van der Waals surface area contributed by atoms with Crippen molar-refractivity contribution < 1.29 is 17.6 Å². The van der Waals surface area contributed by atoms with Gasteiger partial charge in [-0.2, -0.15) is 0 Å². The van der Waals surface area contributed by atoms with Crippen molar-refractivity contribution in [3.63, 3.8) is 0 Å². The van der Waals surface area contributed by atoms with Crippen molar-refractivity contribution in [1.82, 2.24) is 0 Å². The molecule has 0 bridgehead atoms. The molecule has 0 aromatic heterocycles. The highest BCUT2D eigenvalue weighted by Gasteiger charge is 2.17. The van der Waals surface area contributed by atoms with Crippen LogP contribution in [0.5, 0.6) is 0 Å². The molecule has 0 atom stereocenters. The standard InChI is InChI=1S/C14H10Cl2FNO3S/c1-22(20,21)12-7-8(5-6-9(12)15)14(19)18-11-4-2-3-10(16)13(11)17/h2-7H,1H3,(H,18,19). The lowest BCUT2D eigenvalue weighted by atomic mass is 10.2. The Hall–Kier alpha value is -1.63. The summed E-state index contributed by atoms with van der Waals surface area (Å²) in [4.78, 5) is 11.9. The molecule has 2 rings (SSSR count). The van der Waals surface area contributed by atoms with Crippen molar-refractivity contribution in [2.45, 2.75) is 4.90 Å². The SMILES string of the molecule is CS(=O)(=O)c1cc(C(=O)Nc2cccc(Cl)c2F)ccc1Cl. The van der Waals surface area contributed by atoms with Gasteiger partial charge >= 0.3 is 0 Å². The molecule has 2 aromatic rings. The molecule has 8 heteroatoms. The summed E-state index contributed by atoms with van der Waals surface area (Å²) in [5, 5.41) is 2.20. The molecule has 0 unspecified atom stereocenters. The molecule has 116 valence electrons. The summed E-state index contributed by atoms with van der Waals surface area (Å²) in [5.41, 5.74) is -0.0717. The molecule has 4 nitrogen and oxygen atoms in total. The Morgan fingerprint density at radius 2 is 1.82 bits per heavy atom. The van der Waals surface area contributed by atoms with E-state index in [1.54, 1.807) is 0 Å². The molecule has 0 heterocycles. The molecule has 1 amide bonds. The molecule has 1 N–H and O–H groups in total. The average molecular weight is 362 g/mol. The van der Waals surface area contributed by atoms with Crippen LogP contribution in [0.25, 0.3) is 0 Å². The number of carbonyl (C=O) groups is 1. The number of benzene rings is 2. The van der Waals surface area contributed by atoms with Gasteiger partial charge in [-0.25, -0.2) is 12.8 Å². The molecule has 0 aliphatic rings. The van der Waals surface area contributed by atoms with E-state index in [1.807, 2.05) is 0 Å². The van der Waals surface area contributed by atoms with Crippen molar-refractivity contribution in [3.05, 3.63) is 57.8 Å². The summed E-state index contributed by atoms with van der Waals surface area (Å²) in [6.45, 7) is 0. The minimum atomic E-state index is -3.58. The summed E-state index contributed by atoms with van der Waals surface area (Å²) in [7, 11) is -3.58. The largest absolute Gasteiger partial charge is 0.319 e. The Morgan fingerprint density at radius 1 is 1.14 bits per heavy atom. The fraction of sp³-hybridized carbons (Fsp3) is 0.0714. The first kappa shape index (κ1) is 16.7. The number of carbonyl (C=O) groups excluding carboxylic acids is 1. The van der Waals surface area contributed by atoms with Crippen LogP contribution in [-0.2, 0) is 9.84 Å². The number of rotatable bonds is 3. The number of hydrogen-bond donors (Lipinski definition) is 1. The number of hydrogen-bond acceptors (Lipinski definition) is 3. The minimum Gasteiger partial charge on any atom is -0.319 e. The topological polar surface area (TPSA) is 63.2 Å². The zero-order valence-corrected chi connectivity index (χ0v) is 13.6. The number of amides is 1. The fourth-order valence-corrected chi connectivity index (χ4v) is 3.20. The van der Waals surface area contributed by atoms with Crippen LogP contribution in [0.15, 0.2) is 41.3 Å².